The van der Waals surface area contributed by atoms with E-state index in [0.717, 1.165) is 38.0 Å². The van der Waals surface area contributed by atoms with Crippen molar-refractivity contribution < 1.29 is 4.79 Å². The van der Waals surface area contributed by atoms with Crippen molar-refractivity contribution in [1.29, 1.82) is 0 Å². The van der Waals surface area contributed by atoms with Crippen LogP contribution in [0.3, 0.4) is 0 Å². The van der Waals surface area contributed by atoms with Gasteiger partial charge in [-0.2, -0.15) is 5.11 Å². The fourth-order valence-electron chi connectivity index (χ4n) is 4.19. The van der Waals surface area contributed by atoms with E-state index in [2.05, 4.69) is 35.2 Å². The molecule has 2 heterocycles. The first-order chi connectivity index (χ1) is 14.5. The third-order valence-electron chi connectivity index (χ3n) is 5.84. The number of hydrogen-bond acceptors (Lipinski definition) is 5. The molecule has 1 aromatic rings. The molecule has 1 amide bonds. The van der Waals surface area contributed by atoms with Gasteiger partial charge in [0.15, 0.2) is 0 Å². The standard InChI is InChI=1S/C23H32ClN5O/c1-4-13-29(23(30)5-2)22-15-17-10-11-21(22)26-27-28(6-3)14-12-20(17)25-19-9-7-8-18(24)16-19/h4,7-10,16,20-22,25H,1,5-6,11-15H2,2-3H3/t20?,21?,22-/m0/s1. The van der Waals surface area contributed by atoms with E-state index in [-0.39, 0.29) is 24.0 Å². The monoisotopic (exact) mass is 429 g/mol. The Bertz CT molecular complexity index is 809. The summed E-state index contributed by atoms with van der Waals surface area (Å²) >= 11 is 6.20. The van der Waals surface area contributed by atoms with E-state index < -0.39 is 0 Å². The minimum absolute atomic E-state index is 0.0142. The number of carbonyl (C=O) groups excluding carboxylic acids is 1. The first-order valence-corrected chi connectivity index (χ1v) is 11.2. The molecule has 2 unspecified atom stereocenters. The summed E-state index contributed by atoms with van der Waals surface area (Å²) in [6.07, 6.45) is 7.01. The molecule has 162 valence electrons. The number of nitrogens with zero attached hydrogens (tertiary/aromatic N) is 4. The number of anilines is 1. The van der Waals surface area contributed by atoms with Crippen LogP contribution < -0.4 is 5.32 Å². The second kappa shape index (κ2) is 10.6. The van der Waals surface area contributed by atoms with Crippen LogP contribution in [0.4, 0.5) is 5.69 Å². The first kappa shape index (κ1) is 22.3. The molecule has 3 atom stereocenters. The zero-order valence-corrected chi connectivity index (χ0v) is 18.7. The minimum Gasteiger partial charge on any atom is -0.378 e. The predicted octanol–water partition coefficient (Wildman–Crippen LogP) is 5.10. The molecule has 3 aliphatic rings. The molecule has 0 saturated carbocycles. The van der Waals surface area contributed by atoms with Crippen LogP contribution in [0.1, 0.15) is 39.5 Å². The van der Waals surface area contributed by atoms with Gasteiger partial charge >= 0.3 is 0 Å². The van der Waals surface area contributed by atoms with Crippen molar-refractivity contribution in [2.24, 2.45) is 10.3 Å². The summed E-state index contributed by atoms with van der Waals surface area (Å²) < 4.78 is 0. The molecule has 1 aromatic carbocycles. The maximum atomic E-state index is 12.7. The SMILES string of the molecule is C=CCN(C(=O)CC)[C@H]1CC2=CCC1N=NN(CC)CCC2Nc1cccc(Cl)c1. The molecular formula is C23H32ClN5O. The first-order valence-electron chi connectivity index (χ1n) is 10.8. The van der Waals surface area contributed by atoms with E-state index in [4.69, 9.17) is 11.6 Å². The Morgan fingerprint density at radius 1 is 1.43 bits per heavy atom. The smallest absolute Gasteiger partial charge is 0.222 e. The second-order valence-corrected chi connectivity index (χ2v) is 8.23. The number of carbonyl (C=O) groups is 1. The Morgan fingerprint density at radius 3 is 2.97 bits per heavy atom. The molecule has 1 aliphatic carbocycles. The van der Waals surface area contributed by atoms with Gasteiger partial charge < -0.3 is 10.2 Å². The summed E-state index contributed by atoms with van der Waals surface area (Å²) in [7, 11) is 0. The lowest BCUT2D eigenvalue weighted by atomic mass is 9.84. The van der Waals surface area contributed by atoms with Crippen LogP contribution in [0.5, 0.6) is 0 Å². The van der Waals surface area contributed by atoms with Crippen molar-refractivity contribution in [3.05, 3.63) is 53.6 Å². The molecule has 0 radical (unpaired) electrons. The van der Waals surface area contributed by atoms with Crippen molar-refractivity contribution in [1.82, 2.24) is 9.91 Å². The van der Waals surface area contributed by atoms with Gasteiger partial charge in [-0.3, -0.25) is 9.80 Å². The van der Waals surface area contributed by atoms with Gasteiger partial charge in [-0.25, -0.2) is 0 Å². The highest BCUT2D eigenvalue weighted by molar-refractivity contribution is 6.30. The number of benzene rings is 1. The van der Waals surface area contributed by atoms with Gasteiger partial charge in [-0.15, -0.1) is 6.58 Å². The third-order valence-corrected chi connectivity index (χ3v) is 6.08. The lowest BCUT2D eigenvalue weighted by molar-refractivity contribution is -0.133. The van der Waals surface area contributed by atoms with Crippen LogP contribution in [0.25, 0.3) is 0 Å². The zero-order chi connectivity index (χ0) is 21.5. The van der Waals surface area contributed by atoms with Crippen molar-refractivity contribution in [3.8, 4) is 0 Å². The van der Waals surface area contributed by atoms with Gasteiger partial charge in [0, 0.05) is 42.8 Å². The van der Waals surface area contributed by atoms with E-state index in [1.165, 1.54) is 5.57 Å². The molecular weight excluding hydrogens is 398 g/mol. The Labute approximate surface area is 184 Å². The fraction of sp³-hybridized carbons (Fsp3) is 0.522. The van der Waals surface area contributed by atoms with Gasteiger partial charge in [0.2, 0.25) is 5.91 Å². The Hall–Kier alpha value is -2.34. The maximum absolute atomic E-state index is 12.7. The van der Waals surface area contributed by atoms with Gasteiger partial charge in [0.25, 0.3) is 0 Å². The van der Waals surface area contributed by atoms with Crippen LogP contribution in [0.15, 0.2) is 58.9 Å². The third kappa shape index (κ3) is 5.42. The lowest BCUT2D eigenvalue weighted by Gasteiger charge is -2.40. The topological polar surface area (TPSA) is 60.3 Å². The predicted molar refractivity (Wildman–Crippen MR) is 123 cm³/mol. The van der Waals surface area contributed by atoms with E-state index in [1.807, 2.05) is 41.1 Å². The van der Waals surface area contributed by atoms with Crippen molar-refractivity contribution >= 4 is 23.2 Å². The highest BCUT2D eigenvalue weighted by Gasteiger charge is 2.35. The summed E-state index contributed by atoms with van der Waals surface area (Å²) in [6, 6.07) is 7.92. The van der Waals surface area contributed by atoms with E-state index in [1.54, 1.807) is 6.08 Å². The summed E-state index contributed by atoms with van der Waals surface area (Å²) in [5.41, 5.74) is 2.32. The second-order valence-electron chi connectivity index (χ2n) is 7.79. The molecule has 0 aromatic heterocycles. The van der Waals surface area contributed by atoms with Crippen LogP contribution in [0, 0.1) is 0 Å². The fourth-order valence-corrected chi connectivity index (χ4v) is 4.38. The molecule has 0 fully saturated rings. The number of nitrogens with one attached hydrogen (secondary N) is 1. The quantitative estimate of drug-likeness (QED) is 0.613. The Kier molecular flexibility index (Phi) is 7.91. The number of hydrogen-bond donors (Lipinski definition) is 1. The van der Waals surface area contributed by atoms with E-state index in [0.29, 0.717) is 18.0 Å². The molecule has 1 N–H and O–H groups in total. The summed E-state index contributed by atoms with van der Waals surface area (Å²) in [6.45, 7) is 9.99. The van der Waals surface area contributed by atoms with Gasteiger partial charge in [0.05, 0.1) is 12.1 Å². The van der Waals surface area contributed by atoms with Gasteiger partial charge in [-0.05, 0) is 50.0 Å². The molecule has 0 spiro atoms. The normalized spacial score (nSPS) is 23.6. The average Bonchev–Trinajstić information content (AvgIpc) is 2.76. The van der Waals surface area contributed by atoms with Crippen LogP contribution in [-0.2, 0) is 4.79 Å². The molecule has 30 heavy (non-hydrogen) atoms. The van der Waals surface area contributed by atoms with Crippen molar-refractivity contribution in [3.63, 3.8) is 0 Å². The van der Waals surface area contributed by atoms with Crippen molar-refractivity contribution in [2.45, 2.75) is 57.7 Å². The maximum Gasteiger partial charge on any atom is 0.222 e. The molecule has 6 nitrogen and oxygen atoms in total. The zero-order valence-electron chi connectivity index (χ0n) is 17.9. The number of rotatable bonds is 7. The van der Waals surface area contributed by atoms with E-state index >= 15 is 0 Å². The van der Waals surface area contributed by atoms with E-state index in [9.17, 15) is 4.79 Å². The molecule has 0 saturated heterocycles. The number of fused-ring (bicyclic) bond motifs is 6. The van der Waals surface area contributed by atoms with Crippen molar-refractivity contribution in [2.75, 3.05) is 25.0 Å². The summed E-state index contributed by atoms with van der Waals surface area (Å²) in [5.74, 6) is 0.130. The average molecular weight is 430 g/mol. The Morgan fingerprint density at radius 2 is 2.27 bits per heavy atom. The molecule has 7 heteroatoms. The lowest BCUT2D eigenvalue weighted by Crippen LogP contribution is -2.49. The highest BCUT2D eigenvalue weighted by Crippen LogP contribution is 2.32. The van der Waals surface area contributed by atoms with Gasteiger partial charge in [-0.1, -0.05) is 42.0 Å². The van der Waals surface area contributed by atoms with Crippen LogP contribution in [-0.4, -0.2) is 53.6 Å². The number of halogens is 1. The minimum atomic E-state index is -0.0387. The van der Waals surface area contributed by atoms with Gasteiger partial charge in [0.1, 0.15) is 0 Å². The highest BCUT2D eigenvalue weighted by atomic mass is 35.5. The largest absolute Gasteiger partial charge is 0.378 e. The molecule has 2 aliphatic heterocycles. The van der Waals surface area contributed by atoms with Crippen LogP contribution >= 0.6 is 11.6 Å². The van der Waals surface area contributed by atoms with Crippen LogP contribution in [0.2, 0.25) is 5.02 Å². The molecule has 2 bridgehead atoms. The molecule has 4 rings (SSSR count). The summed E-state index contributed by atoms with van der Waals surface area (Å²) in [5, 5.41) is 15.6. The summed E-state index contributed by atoms with van der Waals surface area (Å²) in [4.78, 5) is 14.6. The Balaban J connectivity index is 1.92. The number of amides is 1.